The monoisotopic (exact) mass is 373 g/mol. The van der Waals surface area contributed by atoms with Gasteiger partial charge in [-0.05, 0) is 24.3 Å². The Morgan fingerprint density at radius 2 is 1.73 bits per heavy atom. The first kappa shape index (κ1) is 14.7. The molecule has 0 aliphatic carbocycles. The molecule has 0 radical (unpaired) electrons. The number of hydrogen-bond donors (Lipinski definition) is 2. The van der Waals surface area contributed by atoms with Gasteiger partial charge in [-0.3, -0.25) is 5.32 Å². The molecule has 0 aliphatic heterocycles. The highest BCUT2D eigenvalue weighted by molar-refractivity contribution is 9.10. The number of carbonyl (C=O) groups is 1. The molecule has 0 bridgehead atoms. The number of nitrogens with one attached hydrogen (secondary N) is 2. The second-order valence-corrected chi connectivity index (χ2v) is 6.26. The minimum atomic E-state index is -0.303. The molecule has 4 nitrogen and oxygen atoms in total. The molecule has 2 aromatic carbocycles. The second kappa shape index (κ2) is 6.72. The smallest absolute Gasteiger partial charge is 0.308 e. The molecular formula is C16H12BrN3OS. The number of thiazole rings is 1. The highest BCUT2D eigenvalue weighted by Gasteiger charge is 2.08. The van der Waals surface area contributed by atoms with Crippen molar-refractivity contribution < 1.29 is 4.79 Å². The van der Waals surface area contributed by atoms with E-state index in [2.05, 4.69) is 31.5 Å². The fourth-order valence-corrected chi connectivity index (χ4v) is 2.84. The quantitative estimate of drug-likeness (QED) is 0.661. The summed E-state index contributed by atoms with van der Waals surface area (Å²) in [7, 11) is 0. The molecule has 110 valence electrons. The van der Waals surface area contributed by atoms with Crippen molar-refractivity contribution >= 4 is 44.1 Å². The lowest BCUT2D eigenvalue weighted by Gasteiger charge is -2.04. The van der Waals surface area contributed by atoms with Crippen LogP contribution in [0.2, 0.25) is 0 Å². The van der Waals surface area contributed by atoms with Crippen molar-refractivity contribution in [3.63, 3.8) is 0 Å². The highest BCUT2D eigenvalue weighted by atomic mass is 79.9. The minimum Gasteiger partial charge on any atom is -0.308 e. The number of anilines is 2. The number of rotatable bonds is 3. The van der Waals surface area contributed by atoms with Crippen molar-refractivity contribution in [3.8, 4) is 11.3 Å². The first-order valence-corrected chi connectivity index (χ1v) is 8.22. The van der Waals surface area contributed by atoms with Crippen LogP contribution in [0.15, 0.2) is 64.5 Å². The third-order valence-corrected chi connectivity index (χ3v) is 4.18. The van der Waals surface area contributed by atoms with E-state index in [0.717, 1.165) is 21.4 Å². The van der Waals surface area contributed by atoms with E-state index in [1.54, 1.807) is 0 Å². The van der Waals surface area contributed by atoms with Gasteiger partial charge in [0.05, 0.1) is 5.69 Å². The number of aromatic nitrogens is 1. The van der Waals surface area contributed by atoms with E-state index in [-0.39, 0.29) is 6.03 Å². The van der Waals surface area contributed by atoms with Crippen molar-refractivity contribution in [1.82, 2.24) is 4.98 Å². The summed E-state index contributed by atoms with van der Waals surface area (Å²) < 4.78 is 1.02. The van der Waals surface area contributed by atoms with Crippen molar-refractivity contribution in [2.24, 2.45) is 0 Å². The Kier molecular flexibility index (Phi) is 4.50. The van der Waals surface area contributed by atoms with Crippen LogP contribution in [-0.4, -0.2) is 11.0 Å². The summed E-state index contributed by atoms with van der Waals surface area (Å²) in [5, 5.41) is 7.98. The molecule has 0 atom stereocenters. The van der Waals surface area contributed by atoms with Crippen LogP contribution in [0.1, 0.15) is 0 Å². The lowest BCUT2D eigenvalue weighted by molar-refractivity contribution is 0.262. The number of carbonyl (C=O) groups excluding carboxylic acids is 1. The van der Waals surface area contributed by atoms with Crippen LogP contribution in [0, 0.1) is 0 Å². The summed E-state index contributed by atoms with van der Waals surface area (Å²) in [5.74, 6) is 0. The number of halogens is 1. The Hall–Kier alpha value is -2.18. The number of nitrogens with zero attached hydrogens (tertiary/aromatic N) is 1. The number of amides is 2. The molecule has 1 heterocycles. The summed E-state index contributed by atoms with van der Waals surface area (Å²) in [6, 6.07) is 16.9. The topological polar surface area (TPSA) is 54.0 Å². The van der Waals surface area contributed by atoms with Gasteiger partial charge in [0.25, 0.3) is 0 Å². The van der Waals surface area contributed by atoms with Gasteiger partial charge in [0.1, 0.15) is 0 Å². The number of para-hydroxylation sites is 1. The highest BCUT2D eigenvalue weighted by Crippen LogP contribution is 2.26. The van der Waals surface area contributed by atoms with Crippen LogP contribution in [0.4, 0.5) is 15.6 Å². The van der Waals surface area contributed by atoms with Crippen LogP contribution >= 0.6 is 27.3 Å². The molecule has 0 saturated carbocycles. The van der Waals surface area contributed by atoms with Crippen molar-refractivity contribution in [2.75, 3.05) is 10.6 Å². The van der Waals surface area contributed by atoms with E-state index in [0.29, 0.717) is 5.13 Å². The van der Waals surface area contributed by atoms with Gasteiger partial charge < -0.3 is 5.32 Å². The summed E-state index contributed by atoms with van der Waals surface area (Å²) in [4.78, 5) is 16.3. The van der Waals surface area contributed by atoms with Gasteiger partial charge in [0.2, 0.25) is 0 Å². The maximum absolute atomic E-state index is 11.9. The predicted octanol–water partition coefficient (Wildman–Crippen LogP) is 5.22. The van der Waals surface area contributed by atoms with Crippen LogP contribution in [-0.2, 0) is 0 Å². The lowest BCUT2D eigenvalue weighted by Crippen LogP contribution is -2.19. The zero-order valence-corrected chi connectivity index (χ0v) is 13.8. The van der Waals surface area contributed by atoms with E-state index < -0.39 is 0 Å². The molecule has 0 unspecified atom stereocenters. The van der Waals surface area contributed by atoms with E-state index in [1.807, 2.05) is 60.0 Å². The molecule has 0 fully saturated rings. The number of hydrogen-bond acceptors (Lipinski definition) is 3. The summed E-state index contributed by atoms with van der Waals surface area (Å²) in [5.41, 5.74) is 2.59. The fourth-order valence-electron chi connectivity index (χ4n) is 1.87. The van der Waals surface area contributed by atoms with E-state index in [4.69, 9.17) is 0 Å². The van der Waals surface area contributed by atoms with E-state index >= 15 is 0 Å². The summed E-state index contributed by atoms with van der Waals surface area (Å²) in [6.45, 7) is 0. The summed E-state index contributed by atoms with van der Waals surface area (Å²) in [6.07, 6.45) is 0. The Bertz CT molecular complexity index is 772. The minimum absolute atomic E-state index is 0.303. The third-order valence-electron chi connectivity index (χ3n) is 2.90. The fraction of sp³-hybridized carbons (Fsp3) is 0. The van der Waals surface area contributed by atoms with Gasteiger partial charge in [-0.25, -0.2) is 9.78 Å². The van der Waals surface area contributed by atoms with E-state index in [9.17, 15) is 4.79 Å². The van der Waals surface area contributed by atoms with Crippen LogP contribution in [0.5, 0.6) is 0 Å². The molecule has 3 rings (SSSR count). The molecule has 6 heteroatoms. The molecule has 22 heavy (non-hydrogen) atoms. The summed E-state index contributed by atoms with van der Waals surface area (Å²) >= 11 is 4.80. The Morgan fingerprint density at radius 3 is 2.45 bits per heavy atom. The van der Waals surface area contributed by atoms with Crippen molar-refractivity contribution in [2.45, 2.75) is 0 Å². The molecule has 0 spiro atoms. The molecule has 1 aromatic heterocycles. The van der Waals surface area contributed by atoms with Gasteiger partial charge >= 0.3 is 6.03 Å². The molecule has 0 saturated heterocycles. The Morgan fingerprint density at radius 1 is 1.00 bits per heavy atom. The number of benzene rings is 2. The van der Waals surface area contributed by atoms with Crippen LogP contribution < -0.4 is 10.6 Å². The first-order valence-electron chi connectivity index (χ1n) is 6.55. The normalized spacial score (nSPS) is 10.2. The van der Waals surface area contributed by atoms with Crippen molar-refractivity contribution in [1.29, 1.82) is 0 Å². The Balaban J connectivity index is 1.66. The lowest BCUT2D eigenvalue weighted by atomic mass is 10.2. The van der Waals surface area contributed by atoms with Gasteiger partial charge in [-0.1, -0.05) is 46.3 Å². The average molecular weight is 374 g/mol. The van der Waals surface area contributed by atoms with Crippen LogP contribution in [0.25, 0.3) is 11.3 Å². The zero-order chi connectivity index (χ0) is 15.4. The largest absolute Gasteiger partial charge is 0.325 e. The van der Waals surface area contributed by atoms with Crippen molar-refractivity contribution in [3.05, 3.63) is 64.5 Å². The maximum Gasteiger partial charge on any atom is 0.325 e. The average Bonchev–Trinajstić information content (AvgIpc) is 2.97. The van der Waals surface area contributed by atoms with Gasteiger partial charge in [0.15, 0.2) is 5.13 Å². The van der Waals surface area contributed by atoms with Gasteiger partial charge in [0, 0.05) is 21.1 Å². The molecule has 2 N–H and O–H groups in total. The van der Waals surface area contributed by atoms with Gasteiger partial charge in [-0.15, -0.1) is 11.3 Å². The standard InChI is InChI=1S/C16H12BrN3OS/c17-12-8-6-11(7-9-12)14-10-22-16(19-14)20-15(21)18-13-4-2-1-3-5-13/h1-10H,(H2,18,19,20,21). The van der Waals surface area contributed by atoms with Gasteiger partial charge in [-0.2, -0.15) is 0 Å². The zero-order valence-electron chi connectivity index (χ0n) is 11.4. The molecule has 2 amide bonds. The number of urea groups is 1. The molecular weight excluding hydrogens is 362 g/mol. The Labute approximate surface area is 140 Å². The molecule has 0 aliphatic rings. The second-order valence-electron chi connectivity index (χ2n) is 4.49. The third kappa shape index (κ3) is 3.72. The molecule has 3 aromatic rings. The predicted molar refractivity (Wildman–Crippen MR) is 94.3 cm³/mol. The first-order chi connectivity index (χ1) is 10.7. The van der Waals surface area contributed by atoms with Crippen LogP contribution in [0.3, 0.4) is 0 Å². The SMILES string of the molecule is O=C(Nc1ccccc1)Nc1nc(-c2ccc(Br)cc2)cs1. The van der Waals surface area contributed by atoms with E-state index in [1.165, 1.54) is 11.3 Å². The maximum atomic E-state index is 11.9.